The summed E-state index contributed by atoms with van der Waals surface area (Å²) in [5, 5.41) is 2.80. The van der Waals surface area contributed by atoms with Gasteiger partial charge in [0.05, 0.1) is 13.2 Å². The van der Waals surface area contributed by atoms with Crippen LogP contribution in [0.2, 0.25) is 0 Å². The Morgan fingerprint density at radius 3 is 2.52 bits per heavy atom. The Kier molecular flexibility index (Phi) is 5.42. The van der Waals surface area contributed by atoms with E-state index in [9.17, 15) is 9.59 Å². The van der Waals surface area contributed by atoms with Gasteiger partial charge in [-0.3, -0.25) is 9.59 Å². The van der Waals surface area contributed by atoms with E-state index in [-0.39, 0.29) is 17.9 Å². The van der Waals surface area contributed by atoms with Crippen LogP contribution in [-0.4, -0.2) is 42.5 Å². The summed E-state index contributed by atoms with van der Waals surface area (Å²) >= 11 is 0. The van der Waals surface area contributed by atoms with Gasteiger partial charge >= 0.3 is 0 Å². The summed E-state index contributed by atoms with van der Waals surface area (Å²) in [7, 11) is 0. The van der Waals surface area contributed by atoms with Crippen LogP contribution in [0.25, 0.3) is 0 Å². The van der Waals surface area contributed by atoms with Crippen LogP contribution >= 0.6 is 0 Å². The Balaban J connectivity index is 1.98. The van der Waals surface area contributed by atoms with Gasteiger partial charge in [-0.05, 0) is 12.5 Å². The molecule has 1 unspecified atom stereocenters. The molecule has 1 aromatic rings. The molecule has 0 radical (unpaired) electrons. The van der Waals surface area contributed by atoms with Crippen LogP contribution in [0.15, 0.2) is 30.3 Å². The maximum absolute atomic E-state index is 12.6. The highest BCUT2D eigenvalue weighted by molar-refractivity contribution is 5.89. The molecule has 1 fully saturated rings. The van der Waals surface area contributed by atoms with Crippen LogP contribution in [0, 0.1) is 5.41 Å². The number of rotatable bonds is 3. The quantitative estimate of drug-likeness (QED) is 0.929. The lowest BCUT2D eigenvalue weighted by molar-refractivity contribution is -0.143. The summed E-state index contributed by atoms with van der Waals surface area (Å²) in [6, 6.07) is 9.36. The summed E-state index contributed by atoms with van der Waals surface area (Å²) in [4.78, 5) is 26.4. The molecule has 1 saturated heterocycles. The Labute approximate surface area is 138 Å². The van der Waals surface area contributed by atoms with Gasteiger partial charge in [0, 0.05) is 12.0 Å². The van der Waals surface area contributed by atoms with Crippen molar-refractivity contribution in [2.45, 2.75) is 39.8 Å². The van der Waals surface area contributed by atoms with Gasteiger partial charge in [0.25, 0.3) is 0 Å². The molecule has 0 bridgehead atoms. The summed E-state index contributed by atoms with van der Waals surface area (Å²) in [6.07, 6.45) is -0.112. The van der Waals surface area contributed by atoms with E-state index in [1.54, 1.807) is 11.8 Å². The molecule has 0 saturated carbocycles. The molecule has 2 rings (SSSR count). The molecular weight excluding hydrogens is 292 g/mol. The van der Waals surface area contributed by atoms with Crippen LogP contribution in [0.5, 0.6) is 0 Å². The van der Waals surface area contributed by atoms with Crippen molar-refractivity contribution in [3.8, 4) is 0 Å². The Hall–Kier alpha value is -1.88. The summed E-state index contributed by atoms with van der Waals surface area (Å²) in [6.45, 7) is 8.81. The maximum Gasteiger partial charge on any atom is 0.245 e. The number of benzene rings is 1. The predicted molar refractivity (Wildman–Crippen MR) is 88.8 cm³/mol. The van der Waals surface area contributed by atoms with Gasteiger partial charge in [-0.15, -0.1) is 0 Å². The van der Waals surface area contributed by atoms with E-state index in [1.807, 2.05) is 51.1 Å². The fraction of sp³-hybridized carbons (Fsp3) is 0.556. The van der Waals surface area contributed by atoms with E-state index >= 15 is 0 Å². The monoisotopic (exact) mass is 318 g/mol. The first-order valence-corrected chi connectivity index (χ1v) is 8.05. The highest BCUT2D eigenvalue weighted by Gasteiger charge is 2.30. The maximum atomic E-state index is 12.6. The number of carbonyl (C=O) groups is 2. The van der Waals surface area contributed by atoms with Gasteiger partial charge in [0.2, 0.25) is 11.8 Å². The molecule has 23 heavy (non-hydrogen) atoms. The Morgan fingerprint density at radius 2 is 1.91 bits per heavy atom. The number of morpholine rings is 1. The van der Waals surface area contributed by atoms with Crippen molar-refractivity contribution in [3.05, 3.63) is 35.9 Å². The zero-order valence-electron chi connectivity index (χ0n) is 14.3. The molecule has 2 amide bonds. The number of nitrogens with one attached hydrogen (secondary N) is 1. The molecule has 0 aromatic heterocycles. The molecule has 0 aliphatic carbocycles. The summed E-state index contributed by atoms with van der Waals surface area (Å²) < 4.78 is 5.78. The summed E-state index contributed by atoms with van der Waals surface area (Å²) in [5.74, 6) is -0.182. The zero-order valence-corrected chi connectivity index (χ0v) is 14.3. The average molecular weight is 318 g/mol. The van der Waals surface area contributed by atoms with Gasteiger partial charge in [-0.2, -0.15) is 0 Å². The third kappa shape index (κ3) is 4.55. The SMILES string of the molecule is C[C@H](NC(=O)C(C)(C)C)C(=O)N1CCOC(c2ccccc2)C1. The molecule has 1 aromatic carbocycles. The molecule has 126 valence electrons. The zero-order chi connectivity index (χ0) is 17.0. The van der Waals surface area contributed by atoms with Crippen LogP contribution in [-0.2, 0) is 14.3 Å². The molecule has 1 N–H and O–H groups in total. The van der Waals surface area contributed by atoms with E-state index in [4.69, 9.17) is 4.74 Å². The molecule has 1 aliphatic rings. The van der Waals surface area contributed by atoms with E-state index in [0.29, 0.717) is 19.7 Å². The number of hydrogen-bond acceptors (Lipinski definition) is 3. The number of amides is 2. The van der Waals surface area contributed by atoms with Crippen molar-refractivity contribution in [1.29, 1.82) is 0 Å². The molecule has 1 aliphatic heterocycles. The highest BCUT2D eigenvalue weighted by Crippen LogP contribution is 2.22. The fourth-order valence-electron chi connectivity index (χ4n) is 2.47. The van der Waals surface area contributed by atoms with Crippen LogP contribution in [0.3, 0.4) is 0 Å². The third-order valence-electron chi connectivity index (χ3n) is 3.95. The summed E-state index contributed by atoms with van der Waals surface area (Å²) in [5.41, 5.74) is 0.558. The van der Waals surface area contributed by atoms with E-state index in [0.717, 1.165) is 5.56 Å². The minimum atomic E-state index is -0.531. The lowest BCUT2D eigenvalue weighted by Crippen LogP contribution is -2.52. The second-order valence-corrected chi connectivity index (χ2v) is 7.00. The second-order valence-electron chi connectivity index (χ2n) is 7.00. The number of nitrogens with zero attached hydrogens (tertiary/aromatic N) is 1. The average Bonchev–Trinajstić information content (AvgIpc) is 2.54. The molecular formula is C18H26N2O3. The van der Waals surface area contributed by atoms with Crippen molar-refractivity contribution >= 4 is 11.8 Å². The molecule has 1 heterocycles. The standard InChI is InChI=1S/C18H26N2O3/c1-13(19-17(22)18(2,3)4)16(21)20-10-11-23-15(12-20)14-8-6-5-7-9-14/h5-9,13,15H,10-12H2,1-4H3,(H,19,22)/t13-,15?/m0/s1. The fourth-order valence-corrected chi connectivity index (χ4v) is 2.47. The lowest BCUT2D eigenvalue weighted by atomic mass is 9.95. The topological polar surface area (TPSA) is 58.6 Å². The molecule has 5 heteroatoms. The van der Waals surface area contributed by atoms with Gasteiger partial charge in [0.15, 0.2) is 0 Å². The molecule has 0 spiro atoms. The molecule has 5 nitrogen and oxygen atoms in total. The largest absolute Gasteiger partial charge is 0.370 e. The first-order valence-electron chi connectivity index (χ1n) is 8.05. The van der Waals surface area contributed by atoms with E-state index in [1.165, 1.54) is 0 Å². The smallest absolute Gasteiger partial charge is 0.245 e. The van der Waals surface area contributed by atoms with Gasteiger partial charge in [-0.25, -0.2) is 0 Å². The van der Waals surface area contributed by atoms with Crippen molar-refractivity contribution in [1.82, 2.24) is 10.2 Å². The number of hydrogen-bond donors (Lipinski definition) is 1. The second kappa shape index (κ2) is 7.13. The van der Waals surface area contributed by atoms with Crippen LogP contribution < -0.4 is 5.32 Å². The minimum absolute atomic E-state index is 0.0631. The van der Waals surface area contributed by atoms with Crippen LogP contribution in [0.1, 0.15) is 39.4 Å². The van der Waals surface area contributed by atoms with Crippen molar-refractivity contribution in [3.63, 3.8) is 0 Å². The first kappa shape index (κ1) is 17.5. The third-order valence-corrected chi connectivity index (χ3v) is 3.95. The van der Waals surface area contributed by atoms with E-state index < -0.39 is 11.5 Å². The Bertz CT molecular complexity index is 551. The minimum Gasteiger partial charge on any atom is -0.370 e. The normalized spacial score (nSPS) is 20.0. The van der Waals surface area contributed by atoms with E-state index in [2.05, 4.69) is 5.32 Å². The highest BCUT2D eigenvalue weighted by atomic mass is 16.5. The van der Waals surface area contributed by atoms with Crippen molar-refractivity contribution in [2.24, 2.45) is 5.41 Å². The predicted octanol–water partition coefficient (Wildman–Crippen LogP) is 2.14. The number of carbonyl (C=O) groups excluding carboxylic acids is 2. The van der Waals surface area contributed by atoms with Gasteiger partial charge < -0.3 is 15.0 Å². The molecule has 2 atom stereocenters. The first-order chi connectivity index (χ1) is 10.8. The van der Waals surface area contributed by atoms with Crippen LogP contribution in [0.4, 0.5) is 0 Å². The van der Waals surface area contributed by atoms with Gasteiger partial charge in [0.1, 0.15) is 12.1 Å². The van der Waals surface area contributed by atoms with Gasteiger partial charge in [-0.1, -0.05) is 51.1 Å². The van der Waals surface area contributed by atoms with Crippen molar-refractivity contribution in [2.75, 3.05) is 19.7 Å². The van der Waals surface area contributed by atoms with Crippen molar-refractivity contribution < 1.29 is 14.3 Å². The lowest BCUT2D eigenvalue weighted by Gasteiger charge is -2.35. The number of ether oxygens (including phenoxy) is 1. The Morgan fingerprint density at radius 1 is 1.26 bits per heavy atom.